The maximum Gasteiger partial charge on any atom is 0.268 e. The van der Waals surface area contributed by atoms with Crippen LogP contribution >= 0.6 is 11.3 Å². The van der Waals surface area contributed by atoms with E-state index in [0.29, 0.717) is 0 Å². The van der Waals surface area contributed by atoms with E-state index in [1.807, 2.05) is 11.3 Å². The molecule has 0 N–H and O–H groups in total. The fourth-order valence-corrected chi connectivity index (χ4v) is 19.7. The molecule has 80 heavy (non-hydrogen) atoms. The molecule has 6 heteroatoms. The van der Waals surface area contributed by atoms with Gasteiger partial charge >= 0.3 is 0 Å². The van der Waals surface area contributed by atoms with Crippen LogP contribution in [-0.4, -0.2) is 16.7 Å². The quantitative estimate of drug-likeness (QED) is 0.164. The zero-order chi connectivity index (χ0) is 55.9. The highest BCUT2D eigenvalue weighted by atomic mass is 32.1. The first-order valence-corrected chi connectivity index (χ1v) is 32.0. The van der Waals surface area contributed by atoms with Gasteiger partial charge in [-0.05, 0) is 212 Å². The fourth-order valence-electron chi connectivity index (χ4n) is 18.4. The summed E-state index contributed by atoms with van der Waals surface area (Å²) >= 11 is 2.02. The molecule has 7 saturated carbocycles. The van der Waals surface area contributed by atoms with Gasteiger partial charge in [0.25, 0.3) is 6.71 Å². The fraction of sp³-hybridized carbons (Fsp3) is 0.514. The number of nitrogens with zero attached hydrogens (tertiary/aromatic N) is 4. The van der Waals surface area contributed by atoms with Crippen LogP contribution in [0.4, 0.5) is 34.4 Å². The van der Waals surface area contributed by atoms with E-state index in [1.165, 1.54) is 144 Å². The molecule has 7 fully saturated rings. The zero-order valence-electron chi connectivity index (χ0n) is 51.2. The minimum absolute atomic E-state index is 0.0194. The van der Waals surface area contributed by atoms with Gasteiger partial charge < -0.3 is 0 Å². The summed E-state index contributed by atoms with van der Waals surface area (Å²) in [4.78, 5) is 18.2. The molecule has 0 amide bonds. The summed E-state index contributed by atoms with van der Waals surface area (Å²) in [6.07, 6.45) is 10.5. The van der Waals surface area contributed by atoms with Crippen molar-refractivity contribution in [2.24, 2.45) is 41.4 Å². The molecule has 2 aromatic heterocycles. The highest BCUT2D eigenvalue weighted by Crippen LogP contribution is 2.74. The Morgan fingerprint density at radius 3 is 1.61 bits per heavy atom. The third-order valence-electron chi connectivity index (χ3n) is 22.8. The van der Waals surface area contributed by atoms with Gasteiger partial charge in [-0.15, -0.1) is 11.3 Å². The van der Waals surface area contributed by atoms with Crippen LogP contribution in [0.3, 0.4) is 0 Å². The van der Waals surface area contributed by atoms with Gasteiger partial charge in [-0.1, -0.05) is 165 Å². The number of hydrogen-bond donors (Lipinski definition) is 0. The molecule has 0 radical (unpaired) electrons. The van der Waals surface area contributed by atoms with Crippen molar-refractivity contribution in [1.29, 1.82) is 0 Å². The molecule has 0 saturated heterocycles. The van der Waals surface area contributed by atoms with Gasteiger partial charge in [0.1, 0.15) is 17.5 Å². The van der Waals surface area contributed by atoms with Crippen LogP contribution in [0.1, 0.15) is 201 Å². The minimum atomic E-state index is -0.0664. The Morgan fingerprint density at radius 2 is 1.02 bits per heavy atom. The van der Waals surface area contributed by atoms with E-state index in [-0.39, 0.29) is 44.6 Å². The van der Waals surface area contributed by atoms with E-state index in [9.17, 15) is 0 Å². The first kappa shape index (κ1) is 51.7. The maximum atomic E-state index is 6.44. The van der Waals surface area contributed by atoms with Crippen LogP contribution in [0.2, 0.25) is 0 Å². The first-order chi connectivity index (χ1) is 37.6. The van der Waals surface area contributed by atoms with Crippen LogP contribution in [0, 0.1) is 41.4 Å². The molecule has 7 aromatic rings. The minimum Gasteiger partial charge on any atom is -0.295 e. The molecule has 4 nitrogen and oxygen atoms in total. The summed E-state index contributed by atoms with van der Waals surface area (Å²) < 4.78 is 2.75. The van der Waals surface area contributed by atoms with Gasteiger partial charge in [0.05, 0.1) is 11.4 Å². The van der Waals surface area contributed by atoms with E-state index in [0.717, 1.165) is 58.9 Å². The second-order valence-corrected chi connectivity index (χ2v) is 33.9. The molecule has 17 rings (SSSR count). The lowest BCUT2D eigenvalue weighted by Gasteiger charge is -2.72. The Labute approximate surface area is 484 Å². The number of benzene rings is 5. The van der Waals surface area contributed by atoms with Crippen molar-refractivity contribution in [3.63, 3.8) is 0 Å². The number of fused-ring (bicyclic) bond motifs is 7. The number of thiophene rings is 1. The molecular formula is C74H87BN4S. The van der Waals surface area contributed by atoms with Crippen molar-refractivity contribution in [2.75, 3.05) is 9.80 Å². The van der Waals surface area contributed by atoms with Crippen molar-refractivity contribution in [3.05, 3.63) is 136 Å². The normalized spacial score (nSPS) is 27.4. The molecule has 5 aromatic carbocycles. The summed E-state index contributed by atoms with van der Waals surface area (Å²) in [5.74, 6) is 9.38. The molecule has 0 spiro atoms. The Morgan fingerprint density at radius 1 is 0.512 bits per heavy atom. The molecule has 10 aliphatic rings. The maximum absolute atomic E-state index is 6.44. The number of anilines is 6. The topological polar surface area (TPSA) is 32.3 Å². The average molecular weight is 1080 g/mol. The standard InChI is InChI=1S/C74H87BN4S/c1-68(2,3)43-19-17-42(18-20-43)48-34-44(69(4,5)6)21-26-59(48)79-60-27-22-46(71(10,11)12)36-58(60)75-62-65(76-67(77-66(62)79)74-38-53-49-31-41-32-50(53)55(40-74)51(33-41)54(49)39-74)78(47-24-25-56-57(37-47)73(15,16)30-29-72(56,13)14)63-52-35-45(70(7,8)9)23-28-61(52)80-64(63)75/h17-28,34-37,41,49-51,53-55H,29-33,38-40H2,1-16H3. The van der Waals surface area contributed by atoms with E-state index < -0.39 is 0 Å². The van der Waals surface area contributed by atoms with Gasteiger partial charge in [0, 0.05) is 42.7 Å². The third-order valence-corrected chi connectivity index (χ3v) is 24.1. The Balaban J connectivity index is 1.07. The van der Waals surface area contributed by atoms with Gasteiger partial charge in [-0.2, -0.15) is 0 Å². The van der Waals surface area contributed by atoms with E-state index in [4.69, 9.17) is 9.97 Å². The van der Waals surface area contributed by atoms with Crippen molar-refractivity contribution >= 4 is 78.2 Å². The predicted molar refractivity (Wildman–Crippen MR) is 341 cm³/mol. The molecule has 2 aliphatic heterocycles. The summed E-state index contributed by atoms with van der Waals surface area (Å²) in [6.45, 7) is 38.3. The largest absolute Gasteiger partial charge is 0.295 e. The number of hydrogen-bond acceptors (Lipinski definition) is 5. The molecule has 8 aliphatic carbocycles. The number of aromatic nitrogens is 2. The van der Waals surface area contributed by atoms with E-state index in [2.05, 4.69) is 218 Å². The van der Waals surface area contributed by atoms with Crippen LogP contribution in [0.5, 0.6) is 0 Å². The summed E-state index contributed by atoms with van der Waals surface area (Å²) in [5, 5.41) is 1.35. The van der Waals surface area contributed by atoms with Gasteiger partial charge in [-0.25, -0.2) is 9.97 Å². The Bertz CT molecular complexity index is 3690. The van der Waals surface area contributed by atoms with E-state index >= 15 is 0 Å². The molecule has 412 valence electrons. The highest BCUT2D eigenvalue weighted by Gasteiger charge is 2.68. The predicted octanol–water partition coefficient (Wildman–Crippen LogP) is 17.9. The van der Waals surface area contributed by atoms with Gasteiger partial charge in [-0.3, -0.25) is 9.80 Å². The zero-order valence-corrected chi connectivity index (χ0v) is 52.0. The molecule has 0 unspecified atom stereocenters. The van der Waals surface area contributed by atoms with Crippen molar-refractivity contribution in [1.82, 2.24) is 9.97 Å². The van der Waals surface area contributed by atoms with Crippen molar-refractivity contribution in [3.8, 4) is 11.1 Å². The summed E-state index contributed by atoms with van der Waals surface area (Å²) in [5.41, 5.74) is 18.5. The summed E-state index contributed by atoms with van der Waals surface area (Å²) in [7, 11) is 0. The van der Waals surface area contributed by atoms with Gasteiger partial charge in [0.15, 0.2) is 0 Å². The summed E-state index contributed by atoms with van der Waals surface area (Å²) in [6, 6.07) is 39.6. The smallest absolute Gasteiger partial charge is 0.268 e. The second kappa shape index (κ2) is 16.5. The Hall–Kier alpha value is -5.20. The highest BCUT2D eigenvalue weighted by molar-refractivity contribution is 7.33. The van der Waals surface area contributed by atoms with Gasteiger partial charge in [0.2, 0.25) is 0 Å². The molecular weight excluding hydrogens is 988 g/mol. The van der Waals surface area contributed by atoms with Crippen LogP contribution in [0.25, 0.3) is 21.2 Å². The van der Waals surface area contributed by atoms with Crippen molar-refractivity contribution in [2.45, 2.75) is 200 Å². The average Bonchev–Trinajstić information content (AvgIpc) is 1.49. The molecule has 4 heterocycles. The van der Waals surface area contributed by atoms with Crippen LogP contribution < -0.4 is 25.5 Å². The number of rotatable bonds is 4. The lowest BCUT2D eigenvalue weighted by Crippen LogP contribution is -2.67. The monoisotopic (exact) mass is 1070 g/mol. The molecule has 0 atom stereocenters. The SMILES string of the molecule is CC(C)(C)c1ccc(-c2cc(C(C)(C)C)ccc2N2c3ccc(C(C)(C)C)cc3B3c4sc5ccc(C(C)(C)C)cc5c4N(c4ccc5c(c4)C(C)(C)CCC5(C)C)c4nc(C56CC7C8CC9CC7C(C5)C(C9)C8C6)nc2c43)cc1. The van der Waals surface area contributed by atoms with Crippen molar-refractivity contribution < 1.29 is 0 Å². The third kappa shape index (κ3) is 7.43. The van der Waals surface area contributed by atoms with Crippen LogP contribution in [-0.2, 0) is 37.9 Å². The first-order valence-electron chi connectivity index (χ1n) is 31.2. The van der Waals surface area contributed by atoms with Crippen LogP contribution in [0.15, 0.2) is 97.1 Å². The lowest BCUT2D eigenvalue weighted by atomic mass is 9.33. The lowest BCUT2D eigenvalue weighted by molar-refractivity contribution is -0.213. The second-order valence-electron chi connectivity index (χ2n) is 32.8. The van der Waals surface area contributed by atoms with E-state index in [1.54, 1.807) is 0 Å². The molecule has 8 bridgehead atoms. The Kier molecular flexibility index (Phi) is 10.7.